The number of benzene rings is 2. The van der Waals surface area contributed by atoms with Crippen LogP contribution in [0.1, 0.15) is 5.56 Å². The summed E-state index contributed by atoms with van der Waals surface area (Å²) in [4.78, 5) is 0.337. The van der Waals surface area contributed by atoms with Gasteiger partial charge in [-0.15, -0.1) is 0 Å². The fourth-order valence-corrected chi connectivity index (χ4v) is 3.66. The molecule has 111 valence electrons. The first-order valence-electron chi connectivity index (χ1n) is 6.80. The Morgan fingerprint density at radius 3 is 2.32 bits per heavy atom. The van der Waals surface area contributed by atoms with Crippen molar-refractivity contribution in [1.29, 1.82) is 0 Å². The van der Waals surface area contributed by atoms with E-state index in [9.17, 15) is 8.42 Å². The van der Waals surface area contributed by atoms with Crippen molar-refractivity contribution in [3.8, 4) is 22.3 Å². The molecule has 1 heterocycles. The van der Waals surface area contributed by atoms with Gasteiger partial charge >= 0.3 is 0 Å². The topological polar surface area (TPSA) is 34.1 Å². The molecule has 0 fully saturated rings. The lowest BCUT2D eigenvalue weighted by atomic mass is 9.94. The lowest BCUT2D eigenvalue weighted by Crippen LogP contribution is -1.96. The summed E-state index contributed by atoms with van der Waals surface area (Å²) in [6.45, 7) is 2.02. The van der Waals surface area contributed by atoms with Gasteiger partial charge in [0.1, 0.15) is 0 Å². The SMILES string of the molecule is Cc1[c]cc(-c2ccc(S(C)(=O)=O)cc2)c(-c2ccsc2)c1. The molecule has 0 saturated carbocycles. The number of hydrogen-bond acceptors (Lipinski definition) is 3. The molecule has 0 atom stereocenters. The van der Waals surface area contributed by atoms with E-state index in [2.05, 4.69) is 29.0 Å². The highest BCUT2D eigenvalue weighted by Gasteiger charge is 2.11. The maximum atomic E-state index is 11.6. The van der Waals surface area contributed by atoms with Gasteiger partial charge in [-0.05, 0) is 75.8 Å². The predicted octanol–water partition coefficient (Wildman–Crippen LogP) is 4.59. The molecule has 0 N–H and O–H groups in total. The predicted molar refractivity (Wildman–Crippen MR) is 91.9 cm³/mol. The van der Waals surface area contributed by atoms with Gasteiger partial charge in [-0.2, -0.15) is 11.3 Å². The first-order chi connectivity index (χ1) is 10.4. The summed E-state index contributed by atoms with van der Waals surface area (Å²) in [6, 6.07) is 16.4. The highest BCUT2D eigenvalue weighted by atomic mass is 32.2. The van der Waals surface area contributed by atoms with Crippen molar-refractivity contribution in [2.45, 2.75) is 11.8 Å². The van der Waals surface area contributed by atoms with E-state index in [1.807, 2.05) is 25.1 Å². The van der Waals surface area contributed by atoms with Gasteiger partial charge in [0.05, 0.1) is 4.90 Å². The minimum absolute atomic E-state index is 0.337. The van der Waals surface area contributed by atoms with Gasteiger partial charge in [0.2, 0.25) is 0 Å². The van der Waals surface area contributed by atoms with E-state index in [0.29, 0.717) is 4.90 Å². The van der Waals surface area contributed by atoms with E-state index in [1.165, 1.54) is 11.8 Å². The lowest BCUT2D eigenvalue weighted by molar-refractivity contribution is 0.602. The molecule has 3 rings (SSSR count). The highest BCUT2D eigenvalue weighted by Crippen LogP contribution is 2.34. The van der Waals surface area contributed by atoms with Crippen LogP contribution in [0.25, 0.3) is 22.3 Å². The van der Waals surface area contributed by atoms with Crippen LogP contribution in [0.2, 0.25) is 0 Å². The van der Waals surface area contributed by atoms with Crippen LogP contribution in [0.3, 0.4) is 0 Å². The fourth-order valence-electron chi connectivity index (χ4n) is 2.38. The smallest absolute Gasteiger partial charge is 0.175 e. The first-order valence-corrected chi connectivity index (χ1v) is 9.64. The Balaban J connectivity index is 2.13. The van der Waals surface area contributed by atoms with Crippen LogP contribution in [-0.4, -0.2) is 14.7 Å². The van der Waals surface area contributed by atoms with Crippen molar-refractivity contribution >= 4 is 21.2 Å². The highest BCUT2D eigenvalue weighted by molar-refractivity contribution is 7.90. The average molecular weight is 327 g/mol. The van der Waals surface area contributed by atoms with E-state index in [4.69, 9.17) is 0 Å². The Morgan fingerprint density at radius 1 is 1.00 bits per heavy atom. The summed E-state index contributed by atoms with van der Waals surface area (Å²) >= 11 is 1.66. The van der Waals surface area contributed by atoms with Gasteiger partial charge in [0.25, 0.3) is 0 Å². The Labute approximate surface area is 135 Å². The Hall–Kier alpha value is -1.91. The maximum absolute atomic E-state index is 11.6. The fraction of sp³-hybridized carbons (Fsp3) is 0.111. The van der Waals surface area contributed by atoms with Crippen molar-refractivity contribution in [3.63, 3.8) is 0 Å². The monoisotopic (exact) mass is 327 g/mol. The molecule has 3 aromatic rings. The van der Waals surface area contributed by atoms with Crippen LogP contribution < -0.4 is 0 Å². The third-order valence-electron chi connectivity index (χ3n) is 3.52. The zero-order valence-corrected chi connectivity index (χ0v) is 14.0. The largest absolute Gasteiger partial charge is 0.224 e. The van der Waals surface area contributed by atoms with Gasteiger partial charge in [0, 0.05) is 6.26 Å². The quantitative estimate of drug-likeness (QED) is 0.705. The molecule has 0 aliphatic rings. The summed E-state index contributed by atoms with van der Waals surface area (Å²) in [5, 5.41) is 4.17. The van der Waals surface area contributed by atoms with Gasteiger partial charge in [-0.1, -0.05) is 18.2 Å². The van der Waals surface area contributed by atoms with E-state index < -0.39 is 9.84 Å². The number of hydrogen-bond donors (Lipinski definition) is 0. The second-order valence-electron chi connectivity index (χ2n) is 5.25. The summed E-state index contributed by atoms with van der Waals surface area (Å²) < 4.78 is 23.1. The van der Waals surface area contributed by atoms with Crippen molar-refractivity contribution in [2.24, 2.45) is 0 Å². The van der Waals surface area contributed by atoms with E-state index in [1.54, 1.807) is 23.5 Å². The molecule has 2 nitrogen and oxygen atoms in total. The Morgan fingerprint density at radius 2 is 1.73 bits per heavy atom. The second-order valence-corrected chi connectivity index (χ2v) is 8.05. The van der Waals surface area contributed by atoms with Gasteiger partial charge in [0.15, 0.2) is 9.84 Å². The molecular weight excluding hydrogens is 312 g/mol. The van der Waals surface area contributed by atoms with Crippen molar-refractivity contribution in [2.75, 3.05) is 6.26 Å². The van der Waals surface area contributed by atoms with E-state index in [0.717, 1.165) is 22.3 Å². The van der Waals surface area contributed by atoms with Crippen molar-refractivity contribution in [1.82, 2.24) is 0 Å². The summed E-state index contributed by atoms with van der Waals surface area (Å²) in [6.07, 6.45) is 1.22. The number of sulfone groups is 1. The molecule has 0 saturated heterocycles. The molecule has 0 amide bonds. The molecule has 0 bridgehead atoms. The van der Waals surface area contributed by atoms with Crippen LogP contribution in [0.15, 0.2) is 58.1 Å². The molecule has 0 aliphatic heterocycles. The zero-order chi connectivity index (χ0) is 15.7. The molecule has 22 heavy (non-hydrogen) atoms. The van der Waals surface area contributed by atoms with Crippen LogP contribution in [-0.2, 0) is 9.84 Å². The molecule has 0 aliphatic carbocycles. The zero-order valence-electron chi connectivity index (χ0n) is 12.3. The van der Waals surface area contributed by atoms with Gasteiger partial charge < -0.3 is 0 Å². The molecule has 2 aromatic carbocycles. The van der Waals surface area contributed by atoms with E-state index >= 15 is 0 Å². The maximum Gasteiger partial charge on any atom is 0.175 e. The molecular formula is C18H15O2S2. The normalized spacial score (nSPS) is 11.5. The molecule has 4 heteroatoms. The van der Waals surface area contributed by atoms with Gasteiger partial charge in [-0.3, -0.25) is 0 Å². The molecule has 0 spiro atoms. The van der Waals surface area contributed by atoms with Crippen LogP contribution >= 0.6 is 11.3 Å². The second kappa shape index (κ2) is 5.71. The third kappa shape index (κ3) is 2.98. The van der Waals surface area contributed by atoms with Crippen LogP contribution in [0.5, 0.6) is 0 Å². The minimum atomic E-state index is -3.17. The van der Waals surface area contributed by atoms with Crippen LogP contribution in [0, 0.1) is 13.0 Å². The Kier molecular flexibility index (Phi) is 3.89. The van der Waals surface area contributed by atoms with Crippen molar-refractivity contribution in [3.05, 3.63) is 64.9 Å². The number of rotatable bonds is 3. The first kappa shape index (κ1) is 15.0. The standard InChI is InChI=1S/C18H15O2S2/c1-13-3-8-17(18(11-13)15-9-10-21-12-15)14-4-6-16(7-5-14)22(2,19)20/h4-12H,1-2H3. The summed E-state index contributed by atoms with van der Waals surface area (Å²) in [5.74, 6) is 0. The summed E-state index contributed by atoms with van der Waals surface area (Å²) in [7, 11) is -3.17. The van der Waals surface area contributed by atoms with Gasteiger partial charge in [-0.25, -0.2) is 8.42 Å². The molecule has 0 unspecified atom stereocenters. The number of thiophene rings is 1. The number of aryl methyl sites for hydroxylation is 1. The average Bonchev–Trinajstić information content (AvgIpc) is 3.00. The lowest BCUT2D eigenvalue weighted by Gasteiger charge is -2.10. The third-order valence-corrected chi connectivity index (χ3v) is 5.33. The molecule has 1 aromatic heterocycles. The van der Waals surface area contributed by atoms with Crippen LogP contribution in [0.4, 0.5) is 0 Å². The Bertz CT molecular complexity index is 891. The van der Waals surface area contributed by atoms with Crippen molar-refractivity contribution < 1.29 is 8.42 Å². The van der Waals surface area contributed by atoms with E-state index in [-0.39, 0.29) is 0 Å². The summed E-state index contributed by atoms with van der Waals surface area (Å²) in [5.41, 5.74) is 5.44. The molecule has 1 radical (unpaired) electrons. The minimum Gasteiger partial charge on any atom is -0.224 e.